The van der Waals surface area contributed by atoms with E-state index in [2.05, 4.69) is 26.1 Å². The number of carbonyl (C=O) groups is 3. The van der Waals surface area contributed by atoms with Crippen LogP contribution in [0.5, 0.6) is 5.75 Å². The van der Waals surface area contributed by atoms with Gasteiger partial charge in [-0.1, -0.05) is 19.3 Å². The molecule has 3 rings (SSSR count). The summed E-state index contributed by atoms with van der Waals surface area (Å²) in [6.07, 6.45) is 10.2. The highest BCUT2D eigenvalue weighted by atomic mass is 16.5. The largest absolute Gasteiger partial charge is 0.484 e. The average Bonchev–Trinajstić information content (AvgIpc) is 2.83. The van der Waals surface area contributed by atoms with Crippen molar-refractivity contribution in [3.05, 3.63) is 59.9 Å². The number of benzene rings is 1. The first-order valence-electron chi connectivity index (χ1n) is 10.6. The van der Waals surface area contributed by atoms with Crippen molar-refractivity contribution in [3.8, 4) is 5.75 Å². The molecule has 1 aliphatic carbocycles. The van der Waals surface area contributed by atoms with Gasteiger partial charge in [0.15, 0.2) is 6.61 Å². The molecule has 32 heavy (non-hydrogen) atoms. The summed E-state index contributed by atoms with van der Waals surface area (Å²) in [7, 11) is 0. The van der Waals surface area contributed by atoms with Crippen molar-refractivity contribution in [1.82, 2.24) is 21.0 Å². The van der Waals surface area contributed by atoms with Crippen LogP contribution >= 0.6 is 0 Å². The van der Waals surface area contributed by atoms with E-state index in [1.807, 2.05) is 0 Å². The predicted molar refractivity (Wildman–Crippen MR) is 119 cm³/mol. The lowest BCUT2D eigenvalue weighted by molar-refractivity contribution is -0.139. The van der Waals surface area contributed by atoms with E-state index >= 15 is 0 Å². The van der Waals surface area contributed by atoms with Crippen LogP contribution in [0.1, 0.15) is 43.2 Å². The van der Waals surface area contributed by atoms with Gasteiger partial charge in [0.05, 0.1) is 6.21 Å². The molecule has 3 amide bonds. The zero-order chi connectivity index (χ0) is 22.6. The lowest BCUT2D eigenvalue weighted by atomic mass is 9.95. The van der Waals surface area contributed by atoms with Crippen molar-refractivity contribution < 1.29 is 19.1 Å². The summed E-state index contributed by atoms with van der Waals surface area (Å²) in [5.74, 6) is -1.21. The molecule has 0 spiro atoms. The van der Waals surface area contributed by atoms with Gasteiger partial charge in [0, 0.05) is 25.0 Å². The fourth-order valence-corrected chi connectivity index (χ4v) is 3.29. The monoisotopic (exact) mass is 437 g/mol. The summed E-state index contributed by atoms with van der Waals surface area (Å²) in [4.78, 5) is 39.5. The van der Waals surface area contributed by atoms with E-state index in [4.69, 9.17) is 4.74 Å². The molecule has 1 aliphatic rings. The number of hydrogen-bond donors (Lipinski definition) is 3. The molecule has 1 saturated carbocycles. The fourth-order valence-electron chi connectivity index (χ4n) is 3.29. The molecule has 0 bridgehead atoms. The number of pyridine rings is 1. The Morgan fingerprint density at radius 1 is 1.00 bits per heavy atom. The molecule has 1 aromatic heterocycles. The number of amides is 3. The van der Waals surface area contributed by atoms with Gasteiger partial charge in [0.2, 0.25) is 0 Å². The summed E-state index contributed by atoms with van der Waals surface area (Å²) in [5.41, 5.74) is 3.71. The maximum Gasteiger partial charge on any atom is 0.329 e. The van der Waals surface area contributed by atoms with Crippen molar-refractivity contribution in [1.29, 1.82) is 0 Å². The Morgan fingerprint density at radius 3 is 2.44 bits per heavy atom. The molecule has 0 radical (unpaired) electrons. The lowest BCUT2D eigenvalue weighted by Crippen LogP contribution is -2.38. The first-order chi connectivity index (χ1) is 15.6. The Kier molecular flexibility index (Phi) is 8.73. The lowest BCUT2D eigenvalue weighted by Gasteiger charge is -2.22. The molecule has 0 aliphatic heterocycles. The third-order valence-corrected chi connectivity index (χ3v) is 5.01. The molecule has 0 saturated heterocycles. The third-order valence-electron chi connectivity index (χ3n) is 5.01. The molecule has 2 aromatic rings. The predicted octanol–water partition coefficient (Wildman–Crippen LogP) is 1.68. The Bertz CT molecular complexity index is 925. The second-order valence-electron chi connectivity index (χ2n) is 7.50. The molecule has 3 N–H and O–H groups in total. The average molecular weight is 438 g/mol. The Morgan fingerprint density at radius 2 is 1.72 bits per heavy atom. The smallest absolute Gasteiger partial charge is 0.329 e. The maximum atomic E-state index is 12.0. The highest BCUT2D eigenvalue weighted by molar-refractivity contribution is 6.35. The van der Waals surface area contributed by atoms with Gasteiger partial charge in [0.1, 0.15) is 5.75 Å². The second kappa shape index (κ2) is 12.2. The zero-order valence-corrected chi connectivity index (χ0v) is 17.8. The molecular weight excluding hydrogens is 410 g/mol. The van der Waals surface area contributed by atoms with Crippen molar-refractivity contribution in [2.75, 3.05) is 6.61 Å². The number of ether oxygens (including phenoxy) is 1. The van der Waals surface area contributed by atoms with Crippen molar-refractivity contribution in [2.45, 2.75) is 44.7 Å². The molecular formula is C23H27N5O4. The van der Waals surface area contributed by atoms with Gasteiger partial charge in [-0.2, -0.15) is 5.10 Å². The molecule has 9 nitrogen and oxygen atoms in total. The van der Waals surface area contributed by atoms with E-state index < -0.39 is 11.8 Å². The number of aromatic nitrogens is 1. The molecule has 1 fully saturated rings. The van der Waals surface area contributed by atoms with E-state index in [1.54, 1.807) is 48.8 Å². The summed E-state index contributed by atoms with van der Waals surface area (Å²) >= 11 is 0. The van der Waals surface area contributed by atoms with Crippen LogP contribution < -0.4 is 20.8 Å². The summed E-state index contributed by atoms with van der Waals surface area (Å²) < 4.78 is 5.52. The molecule has 9 heteroatoms. The number of nitrogens with one attached hydrogen (secondary N) is 3. The van der Waals surface area contributed by atoms with E-state index in [1.165, 1.54) is 12.6 Å². The first-order valence-corrected chi connectivity index (χ1v) is 10.6. The zero-order valence-electron chi connectivity index (χ0n) is 17.8. The van der Waals surface area contributed by atoms with Crippen LogP contribution in [0.25, 0.3) is 0 Å². The minimum absolute atomic E-state index is 0.0331. The van der Waals surface area contributed by atoms with Crippen LogP contribution in [0.4, 0.5) is 0 Å². The SMILES string of the molecule is O=C(COc1ccc(/C=N/NC(=O)C(=O)NCc2ccncc2)cc1)NC1CCCCC1. The van der Waals surface area contributed by atoms with E-state index in [9.17, 15) is 14.4 Å². The molecule has 168 valence electrons. The number of hydrazone groups is 1. The van der Waals surface area contributed by atoms with Gasteiger partial charge >= 0.3 is 11.8 Å². The van der Waals surface area contributed by atoms with Gasteiger partial charge in [-0.05, 0) is 60.4 Å². The summed E-state index contributed by atoms with van der Waals surface area (Å²) in [6, 6.07) is 10.6. The van der Waals surface area contributed by atoms with Crippen molar-refractivity contribution in [3.63, 3.8) is 0 Å². The number of hydrogen-bond acceptors (Lipinski definition) is 6. The highest BCUT2D eigenvalue weighted by Crippen LogP contribution is 2.17. The fraction of sp³-hybridized carbons (Fsp3) is 0.348. The highest BCUT2D eigenvalue weighted by Gasteiger charge is 2.16. The van der Waals surface area contributed by atoms with Crippen LogP contribution in [0, 0.1) is 0 Å². The van der Waals surface area contributed by atoms with Crippen molar-refractivity contribution in [2.24, 2.45) is 5.10 Å². The quantitative estimate of drug-likeness (QED) is 0.330. The maximum absolute atomic E-state index is 12.0. The van der Waals surface area contributed by atoms with Gasteiger partial charge in [-0.3, -0.25) is 19.4 Å². The Labute approximate surface area is 186 Å². The molecule has 1 aromatic carbocycles. The van der Waals surface area contributed by atoms with Gasteiger partial charge in [-0.25, -0.2) is 5.43 Å². The molecule has 0 unspecified atom stereocenters. The third kappa shape index (κ3) is 7.82. The number of nitrogens with zero attached hydrogens (tertiary/aromatic N) is 2. The van der Waals surface area contributed by atoms with Crippen LogP contribution in [0.3, 0.4) is 0 Å². The second-order valence-corrected chi connectivity index (χ2v) is 7.50. The number of rotatable bonds is 8. The normalized spacial score (nSPS) is 14.0. The standard InChI is InChI=1S/C23H27N5O4/c29-21(27-19-4-2-1-3-5-19)16-32-20-8-6-17(7-9-20)15-26-28-23(31)22(30)25-14-18-10-12-24-13-11-18/h6-13,15,19H,1-5,14,16H2,(H,25,30)(H,27,29)(H,28,31)/b26-15+. The van der Waals surface area contributed by atoms with E-state index in [0.717, 1.165) is 31.2 Å². The van der Waals surface area contributed by atoms with Crippen molar-refractivity contribution >= 4 is 23.9 Å². The summed E-state index contributed by atoms with van der Waals surface area (Å²) in [5, 5.41) is 9.29. The minimum Gasteiger partial charge on any atom is -0.484 e. The van der Waals surface area contributed by atoms with Gasteiger partial charge in [-0.15, -0.1) is 0 Å². The Balaban J connectivity index is 1.36. The molecule has 1 heterocycles. The van der Waals surface area contributed by atoms with E-state index in [-0.39, 0.29) is 25.1 Å². The van der Waals surface area contributed by atoms with Crippen LogP contribution in [-0.4, -0.2) is 41.6 Å². The summed E-state index contributed by atoms with van der Waals surface area (Å²) in [6.45, 7) is 0.188. The molecule has 0 atom stereocenters. The first kappa shape index (κ1) is 22.9. The minimum atomic E-state index is -0.862. The Hall–Kier alpha value is -3.75. The topological polar surface area (TPSA) is 122 Å². The van der Waals surface area contributed by atoms with Crippen LogP contribution in [0.15, 0.2) is 53.9 Å². The van der Waals surface area contributed by atoms with Crippen LogP contribution in [-0.2, 0) is 20.9 Å². The van der Waals surface area contributed by atoms with E-state index in [0.29, 0.717) is 11.3 Å². The van der Waals surface area contributed by atoms with Crippen LogP contribution in [0.2, 0.25) is 0 Å². The number of carbonyl (C=O) groups excluding carboxylic acids is 3. The van der Waals surface area contributed by atoms with Gasteiger partial charge < -0.3 is 15.4 Å². The van der Waals surface area contributed by atoms with Gasteiger partial charge in [0.25, 0.3) is 5.91 Å².